The van der Waals surface area contributed by atoms with Crippen molar-refractivity contribution in [1.82, 2.24) is 4.98 Å². The van der Waals surface area contributed by atoms with Crippen LogP contribution in [0.3, 0.4) is 0 Å². The molecule has 2 aromatic rings. The topological polar surface area (TPSA) is 48.1 Å². The number of thiazole rings is 1. The zero-order valence-electron chi connectivity index (χ0n) is 8.03. The van der Waals surface area contributed by atoms with Crippen LogP contribution < -0.4 is 10.5 Å². The Bertz CT molecular complexity index is 484. The summed E-state index contributed by atoms with van der Waals surface area (Å²) in [6.07, 6.45) is 0. The van der Waals surface area contributed by atoms with Crippen LogP contribution in [0.25, 0.3) is 11.3 Å². The number of methoxy groups -OCH3 is 1. The van der Waals surface area contributed by atoms with Gasteiger partial charge in [-0.1, -0.05) is 23.5 Å². The SMILES string of the molecule is COc1ccccc1-c1nc(N)sc1Br. The Labute approximate surface area is 100 Å². The van der Waals surface area contributed by atoms with Gasteiger partial charge in [0.2, 0.25) is 0 Å². The normalized spacial score (nSPS) is 10.3. The highest BCUT2D eigenvalue weighted by atomic mass is 79.9. The molecule has 0 spiro atoms. The molecule has 0 unspecified atom stereocenters. The van der Waals surface area contributed by atoms with Crippen molar-refractivity contribution in [2.45, 2.75) is 0 Å². The van der Waals surface area contributed by atoms with Crippen molar-refractivity contribution in [3.63, 3.8) is 0 Å². The number of hydrogen-bond acceptors (Lipinski definition) is 4. The van der Waals surface area contributed by atoms with E-state index in [0.717, 1.165) is 20.8 Å². The van der Waals surface area contributed by atoms with E-state index in [-0.39, 0.29) is 0 Å². The molecule has 0 radical (unpaired) electrons. The fourth-order valence-electron chi connectivity index (χ4n) is 1.32. The standard InChI is InChI=1S/C10H9BrN2OS/c1-14-7-5-3-2-4-6(7)8-9(11)15-10(12)13-8/h2-5H,1H3,(H2,12,13). The maximum Gasteiger partial charge on any atom is 0.181 e. The number of nitrogens with zero attached hydrogens (tertiary/aromatic N) is 1. The van der Waals surface area contributed by atoms with Gasteiger partial charge < -0.3 is 10.5 Å². The summed E-state index contributed by atoms with van der Waals surface area (Å²) in [5, 5.41) is 0.544. The second-order valence-electron chi connectivity index (χ2n) is 2.87. The molecule has 0 saturated heterocycles. The molecule has 1 heterocycles. The van der Waals surface area contributed by atoms with E-state index < -0.39 is 0 Å². The Morgan fingerprint density at radius 2 is 2.13 bits per heavy atom. The van der Waals surface area contributed by atoms with E-state index in [4.69, 9.17) is 10.5 Å². The minimum absolute atomic E-state index is 0.544. The van der Waals surface area contributed by atoms with Crippen molar-refractivity contribution in [1.29, 1.82) is 0 Å². The molecule has 0 aliphatic rings. The number of halogens is 1. The minimum Gasteiger partial charge on any atom is -0.496 e. The van der Waals surface area contributed by atoms with Crippen LogP contribution in [0.1, 0.15) is 0 Å². The molecular formula is C10H9BrN2OS. The Morgan fingerprint density at radius 3 is 2.73 bits per heavy atom. The number of anilines is 1. The molecule has 2 N–H and O–H groups in total. The zero-order chi connectivity index (χ0) is 10.8. The Morgan fingerprint density at radius 1 is 1.40 bits per heavy atom. The lowest BCUT2D eigenvalue weighted by Gasteiger charge is -2.05. The van der Waals surface area contributed by atoms with Gasteiger partial charge in [0.1, 0.15) is 11.4 Å². The molecule has 0 saturated carbocycles. The third-order valence-corrected chi connectivity index (χ3v) is 3.50. The Hall–Kier alpha value is -1.07. The lowest BCUT2D eigenvalue weighted by Crippen LogP contribution is -1.88. The molecule has 1 aromatic carbocycles. The van der Waals surface area contributed by atoms with Crippen molar-refractivity contribution in [2.24, 2.45) is 0 Å². The number of para-hydroxylation sites is 1. The smallest absolute Gasteiger partial charge is 0.181 e. The molecule has 0 atom stereocenters. The lowest BCUT2D eigenvalue weighted by atomic mass is 10.1. The van der Waals surface area contributed by atoms with Crippen LogP contribution in [0, 0.1) is 0 Å². The molecular weight excluding hydrogens is 276 g/mol. The first-order valence-electron chi connectivity index (χ1n) is 4.27. The molecule has 15 heavy (non-hydrogen) atoms. The molecule has 0 aliphatic heterocycles. The Balaban J connectivity index is 2.58. The zero-order valence-corrected chi connectivity index (χ0v) is 10.4. The summed E-state index contributed by atoms with van der Waals surface area (Å²) in [6.45, 7) is 0. The van der Waals surface area contributed by atoms with E-state index in [1.54, 1.807) is 7.11 Å². The first kappa shape index (κ1) is 10.4. The summed E-state index contributed by atoms with van der Waals surface area (Å²) < 4.78 is 6.19. The largest absolute Gasteiger partial charge is 0.496 e. The van der Waals surface area contributed by atoms with Gasteiger partial charge in [-0.15, -0.1) is 0 Å². The molecule has 78 valence electrons. The number of ether oxygens (including phenoxy) is 1. The number of nitrogen functional groups attached to an aromatic ring is 1. The predicted octanol–water partition coefficient (Wildman–Crippen LogP) is 3.16. The number of aromatic nitrogens is 1. The van der Waals surface area contributed by atoms with Gasteiger partial charge in [-0.25, -0.2) is 4.98 Å². The molecule has 0 aliphatic carbocycles. The van der Waals surface area contributed by atoms with Gasteiger partial charge in [0.15, 0.2) is 5.13 Å². The van der Waals surface area contributed by atoms with Gasteiger partial charge in [-0.2, -0.15) is 0 Å². The molecule has 3 nitrogen and oxygen atoms in total. The second kappa shape index (κ2) is 4.20. The number of rotatable bonds is 2. The van der Waals surface area contributed by atoms with Crippen molar-refractivity contribution in [3.05, 3.63) is 28.1 Å². The third-order valence-electron chi connectivity index (χ3n) is 1.96. The van der Waals surface area contributed by atoms with Gasteiger partial charge in [0, 0.05) is 5.56 Å². The summed E-state index contributed by atoms with van der Waals surface area (Å²) in [6, 6.07) is 7.72. The maximum absolute atomic E-state index is 5.64. The van der Waals surface area contributed by atoms with Gasteiger partial charge in [0.05, 0.1) is 10.9 Å². The summed E-state index contributed by atoms with van der Waals surface area (Å²) >= 11 is 4.85. The fourth-order valence-corrected chi connectivity index (χ4v) is 2.70. The van der Waals surface area contributed by atoms with E-state index in [1.807, 2.05) is 24.3 Å². The lowest BCUT2D eigenvalue weighted by molar-refractivity contribution is 0.416. The average molecular weight is 285 g/mol. The number of nitrogens with two attached hydrogens (primary N) is 1. The molecule has 2 rings (SSSR count). The summed E-state index contributed by atoms with van der Waals surface area (Å²) in [7, 11) is 1.64. The minimum atomic E-state index is 0.544. The average Bonchev–Trinajstić information content (AvgIpc) is 2.57. The Kier molecular flexibility index (Phi) is 2.93. The second-order valence-corrected chi connectivity index (χ2v) is 5.22. The summed E-state index contributed by atoms with van der Waals surface area (Å²) in [5.41, 5.74) is 7.42. The molecule has 5 heteroatoms. The van der Waals surface area contributed by atoms with Crippen LogP contribution in [0.5, 0.6) is 5.75 Å². The first-order chi connectivity index (χ1) is 7.22. The molecule has 0 amide bonds. The van der Waals surface area contributed by atoms with Crippen molar-refractivity contribution in [3.8, 4) is 17.0 Å². The van der Waals surface area contributed by atoms with Gasteiger partial charge in [-0.3, -0.25) is 0 Å². The highest BCUT2D eigenvalue weighted by molar-refractivity contribution is 9.11. The van der Waals surface area contributed by atoms with Crippen LogP contribution >= 0.6 is 27.3 Å². The fraction of sp³-hybridized carbons (Fsp3) is 0.100. The van der Waals surface area contributed by atoms with Crippen LogP contribution in [0.4, 0.5) is 5.13 Å². The number of hydrogen-bond donors (Lipinski definition) is 1. The van der Waals surface area contributed by atoms with E-state index in [2.05, 4.69) is 20.9 Å². The molecule has 1 aromatic heterocycles. The summed E-state index contributed by atoms with van der Waals surface area (Å²) in [4.78, 5) is 4.26. The monoisotopic (exact) mass is 284 g/mol. The van der Waals surface area contributed by atoms with E-state index in [9.17, 15) is 0 Å². The quantitative estimate of drug-likeness (QED) is 0.922. The van der Waals surface area contributed by atoms with Gasteiger partial charge in [-0.05, 0) is 28.1 Å². The van der Waals surface area contributed by atoms with Gasteiger partial charge >= 0.3 is 0 Å². The van der Waals surface area contributed by atoms with Crippen molar-refractivity contribution in [2.75, 3.05) is 12.8 Å². The highest BCUT2D eigenvalue weighted by Gasteiger charge is 2.12. The molecule has 0 bridgehead atoms. The van der Waals surface area contributed by atoms with Crippen LogP contribution in [0.15, 0.2) is 28.1 Å². The van der Waals surface area contributed by atoms with Crippen molar-refractivity contribution >= 4 is 32.4 Å². The predicted molar refractivity (Wildman–Crippen MR) is 66.2 cm³/mol. The number of benzene rings is 1. The van der Waals surface area contributed by atoms with Crippen LogP contribution in [-0.4, -0.2) is 12.1 Å². The first-order valence-corrected chi connectivity index (χ1v) is 5.88. The van der Waals surface area contributed by atoms with Gasteiger partial charge in [0.25, 0.3) is 0 Å². The van der Waals surface area contributed by atoms with Crippen LogP contribution in [-0.2, 0) is 0 Å². The summed E-state index contributed by atoms with van der Waals surface area (Å²) in [5.74, 6) is 0.795. The maximum atomic E-state index is 5.64. The highest BCUT2D eigenvalue weighted by Crippen LogP contribution is 2.38. The third kappa shape index (κ3) is 1.98. The van der Waals surface area contributed by atoms with E-state index in [1.165, 1.54) is 11.3 Å². The van der Waals surface area contributed by atoms with E-state index >= 15 is 0 Å². The van der Waals surface area contributed by atoms with E-state index in [0.29, 0.717) is 5.13 Å². The van der Waals surface area contributed by atoms with Crippen molar-refractivity contribution < 1.29 is 4.74 Å². The molecule has 0 fully saturated rings. The van der Waals surface area contributed by atoms with Crippen LogP contribution in [0.2, 0.25) is 0 Å².